The molecule has 108 valence electrons. The number of carboxylic acid groups (broad SMARTS) is 1. The van der Waals surface area contributed by atoms with Crippen molar-refractivity contribution in [2.45, 2.75) is 26.3 Å². The second-order valence-electron chi connectivity index (χ2n) is 4.13. The summed E-state index contributed by atoms with van der Waals surface area (Å²) in [7, 11) is 0. The number of allylic oxidation sites excluding steroid dienone is 1. The Morgan fingerprint density at radius 3 is 2.50 bits per heavy atom. The van der Waals surface area contributed by atoms with Gasteiger partial charge >= 0.3 is 5.97 Å². The topological polar surface area (TPSA) is 75.6 Å². The number of amides is 1. The normalized spacial score (nSPS) is 12.1. The van der Waals surface area contributed by atoms with E-state index in [4.69, 9.17) is 9.84 Å². The molecule has 1 aromatic carbocycles. The van der Waals surface area contributed by atoms with Crippen LogP contribution in [0.3, 0.4) is 0 Å². The van der Waals surface area contributed by atoms with E-state index in [1.807, 2.05) is 6.92 Å². The Kier molecular flexibility index (Phi) is 6.29. The largest absolute Gasteiger partial charge is 0.494 e. The van der Waals surface area contributed by atoms with Crippen LogP contribution in [0, 0.1) is 0 Å². The molecule has 0 radical (unpaired) electrons. The van der Waals surface area contributed by atoms with E-state index >= 15 is 0 Å². The average molecular weight is 277 g/mol. The minimum Gasteiger partial charge on any atom is -0.494 e. The van der Waals surface area contributed by atoms with Gasteiger partial charge in [-0.2, -0.15) is 0 Å². The molecule has 0 saturated heterocycles. The van der Waals surface area contributed by atoms with Crippen molar-refractivity contribution < 1.29 is 19.4 Å². The van der Waals surface area contributed by atoms with E-state index < -0.39 is 17.9 Å². The standard InChI is InChI=1S/C15H19NO4/c1-3-5-6-13(15(18)19)16-14(17)11-7-9-12(10-8-11)20-4-2/h3,5,7-10,13H,4,6H2,1-2H3,(H,16,17)(H,18,19)/b5-3+. The molecule has 5 nitrogen and oxygen atoms in total. The average Bonchev–Trinajstić information content (AvgIpc) is 2.44. The van der Waals surface area contributed by atoms with Crippen molar-refractivity contribution in [3.05, 3.63) is 42.0 Å². The maximum Gasteiger partial charge on any atom is 0.326 e. The Morgan fingerprint density at radius 1 is 1.35 bits per heavy atom. The van der Waals surface area contributed by atoms with Crippen LogP contribution in [-0.4, -0.2) is 29.6 Å². The molecule has 0 aliphatic rings. The van der Waals surface area contributed by atoms with E-state index in [2.05, 4.69) is 5.32 Å². The van der Waals surface area contributed by atoms with E-state index in [1.54, 1.807) is 43.3 Å². The lowest BCUT2D eigenvalue weighted by Gasteiger charge is -2.13. The van der Waals surface area contributed by atoms with Crippen LogP contribution in [0.15, 0.2) is 36.4 Å². The van der Waals surface area contributed by atoms with Crippen molar-refractivity contribution in [3.8, 4) is 5.75 Å². The van der Waals surface area contributed by atoms with Gasteiger partial charge in [0.2, 0.25) is 0 Å². The zero-order valence-electron chi connectivity index (χ0n) is 11.6. The van der Waals surface area contributed by atoms with Crippen molar-refractivity contribution in [1.82, 2.24) is 5.32 Å². The molecule has 20 heavy (non-hydrogen) atoms. The van der Waals surface area contributed by atoms with Crippen LogP contribution in [0.5, 0.6) is 5.75 Å². The number of nitrogens with one attached hydrogen (secondary N) is 1. The minimum atomic E-state index is -1.05. The van der Waals surface area contributed by atoms with Crippen LogP contribution in [-0.2, 0) is 4.79 Å². The van der Waals surface area contributed by atoms with E-state index in [0.29, 0.717) is 17.9 Å². The molecule has 1 aromatic rings. The lowest BCUT2D eigenvalue weighted by atomic mass is 10.1. The van der Waals surface area contributed by atoms with Crippen molar-refractivity contribution in [2.75, 3.05) is 6.61 Å². The molecule has 0 heterocycles. The molecular weight excluding hydrogens is 258 g/mol. The minimum absolute atomic E-state index is 0.259. The highest BCUT2D eigenvalue weighted by Crippen LogP contribution is 2.12. The van der Waals surface area contributed by atoms with Crippen molar-refractivity contribution in [2.24, 2.45) is 0 Å². The summed E-state index contributed by atoms with van der Waals surface area (Å²) >= 11 is 0. The molecule has 0 bridgehead atoms. The molecule has 1 rings (SSSR count). The highest BCUT2D eigenvalue weighted by Gasteiger charge is 2.19. The quantitative estimate of drug-likeness (QED) is 0.749. The molecule has 0 aliphatic heterocycles. The van der Waals surface area contributed by atoms with E-state index in [9.17, 15) is 9.59 Å². The van der Waals surface area contributed by atoms with Gasteiger partial charge in [0, 0.05) is 5.56 Å². The Morgan fingerprint density at radius 2 is 2.00 bits per heavy atom. The maximum absolute atomic E-state index is 12.0. The van der Waals surface area contributed by atoms with Gasteiger partial charge in [-0.1, -0.05) is 12.2 Å². The maximum atomic E-state index is 12.0. The SMILES string of the molecule is C/C=C/CC(NC(=O)c1ccc(OCC)cc1)C(=O)O. The van der Waals surface area contributed by atoms with Gasteiger partial charge in [0.25, 0.3) is 5.91 Å². The van der Waals surface area contributed by atoms with E-state index in [-0.39, 0.29) is 6.42 Å². The van der Waals surface area contributed by atoms with Crippen LogP contribution in [0.2, 0.25) is 0 Å². The first kappa shape index (κ1) is 15.8. The lowest BCUT2D eigenvalue weighted by Crippen LogP contribution is -2.40. The first-order chi connectivity index (χ1) is 9.58. The third-order valence-corrected chi connectivity index (χ3v) is 2.64. The molecule has 0 fully saturated rings. The Bertz CT molecular complexity index is 479. The van der Waals surface area contributed by atoms with Crippen LogP contribution >= 0.6 is 0 Å². The number of hydrogen-bond acceptors (Lipinski definition) is 3. The van der Waals surface area contributed by atoms with Crippen LogP contribution in [0.4, 0.5) is 0 Å². The first-order valence-corrected chi connectivity index (χ1v) is 6.46. The predicted molar refractivity (Wildman–Crippen MR) is 75.9 cm³/mol. The summed E-state index contributed by atoms with van der Waals surface area (Å²) in [5.41, 5.74) is 0.403. The Balaban J connectivity index is 2.70. The molecule has 2 N–H and O–H groups in total. The third kappa shape index (κ3) is 4.76. The highest BCUT2D eigenvalue weighted by molar-refractivity contribution is 5.96. The molecule has 0 saturated carbocycles. The zero-order valence-corrected chi connectivity index (χ0v) is 11.6. The third-order valence-electron chi connectivity index (χ3n) is 2.64. The molecule has 1 amide bonds. The van der Waals surface area contributed by atoms with Gasteiger partial charge in [-0.15, -0.1) is 0 Å². The van der Waals surface area contributed by atoms with E-state index in [0.717, 1.165) is 0 Å². The second kappa shape index (κ2) is 7.99. The molecule has 1 atom stereocenters. The van der Waals surface area contributed by atoms with Crippen LogP contribution < -0.4 is 10.1 Å². The van der Waals surface area contributed by atoms with Crippen LogP contribution in [0.25, 0.3) is 0 Å². The number of hydrogen-bond donors (Lipinski definition) is 2. The molecule has 5 heteroatoms. The first-order valence-electron chi connectivity index (χ1n) is 6.46. The Labute approximate surface area is 118 Å². The van der Waals surface area contributed by atoms with Gasteiger partial charge in [0.1, 0.15) is 11.8 Å². The summed E-state index contributed by atoms with van der Waals surface area (Å²) in [6, 6.07) is 5.65. The smallest absolute Gasteiger partial charge is 0.326 e. The zero-order chi connectivity index (χ0) is 15.0. The molecule has 0 spiro atoms. The second-order valence-corrected chi connectivity index (χ2v) is 4.13. The Hall–Kier alpha value is -2.30. The number of carboxylic acids is 1. The number of benzene rings is 1. The molecule has 1 unspecified atom stereocenters. The molecule has 0 aliphatic carbocycles. The lowest BCUT2D eigenvalue weighted by molar-refractivity contribution is -0.139. The fraction of sp³-hybridized carbons (Fsp3) is 0.333. The van der Waals surface area contributed by atoms with Crippen molar-refractivity contribution in [1.29, 1.82) is 0 Å². The fourth-order valence-electron chi connectivity index (χ4n) is 1.60. The molecular formula is C15H19NO4. The van der Waals surface area contributed by atoms with Gasteiger partial charge in [-0.3, -0.25) is 4.79 Å². The van der Waals surface area contributed by atoms with Crippen molar-refractivity contribution >= 4 is 11.9 Å². The molecule has 0 aromatic heterocycles. The summed E-state index contributed by atoms with van der Waals surface area (Å²) in [4.78, 5) is 23.0. The predicted octanol–water partition coefficient (Wildman–Crippen LogP) is 2.23. The highest BCUT2D eigenvalue weighted by atomic mass is 16.5. The summed E-state index contributed by atoms with van der Waals surface area (Å²) in [5.74, 6) is -0.792. The summed E-state index contributed by atoms with van der Waals surface area (Å²) in [5, 5.41) is 11.5. The van der Waals surface area contributed by atoms with Crippen LogP contribution in [0.1, 0.15) is 30.6 Å². The van der Waals surface area contributed by atoms with Gasteiger partial charge in [0.05, 0.1) is 6.61 Å². The van der Waals surface area contributed by atoms with Gasteiger partial charge < -0.3 is 15.2 Å². The fourth-order valence-corrected chi connectivity index (χ4v) is 1.60. The van der Waals surface area contributed by atoms with Gasteiger partial charge in [0.15, 0.2) is 0 Å². The van der Waals surface area contributed by atoms with Crippen molar-refractivity contribution in [3.63, 3.8) is 0 Å². The number of aliphatic carboxylic acids is 1. The summed E-state index contributed by atoms with van der Waals surface area (Å²) < 4.78 is 5.28. The number of carbonyl (C=O) groups excluding carboxylic acids is 1. The van der Waals surface area contributed by atoms with Gasteiger partial charge in [-0.05, 0) is 44.5 Å². The van der Waals surface area contributed by atoms with E-state index in [1.165, 1.54) is 0 Å². The summed E-state index contributed by atoms with van der Waals surface area (Å²) in [6.45, 7) is 4.22. The van der Waals surface area contributed by atoms with Gasteiger partial charge in [-0.25, -0.2) is 4.79 Å². The number of rotatable bonds is 7. The number of carbonyl (C=O) groups is 2. The summed E-state index contributed by atoms with van der Waals surface area (Å²) in [6.07, 6.45) is 3.71. The number of ether oxygens (including phenoxy) is 1. The monoisotopic (exact) mass is 277 g/mol.